The molecule has 0 atom stereocenters. The third-order valence-corrected chi connectivity index (χ3v) is 4.11. The minimum absolute atomic E-state index is 0.0236. The maximum absolute atomic E-state index is 12.1. The lowest BCUT2D eigenvalue weighted by molar-refractivity contribution is -0.137. The Labute approximate surface area is 145 Å². The van der Waals surface area contributed by atoms with E-state index in [4.69, 9.17) is 27.9 Å². The zero-order chi connectivity index (χ0) is 16.8. The van der Waals surface area contributed by atoms with Crippen LogP contribution in [0.1, 0.15) is 0 Å². The van der Waals surface area contributed by atoms with Crippen LogP contribution in [-0.4, -0.2) is 68.1 Å². The maximum atomic E-state index is 12.1. The largest absolute Gasteiger partial charge is 0.375 e. The highest BCUT2D eigenvalue weighted by Gasteiger charge is 2.22. The van der Waals surface area contributed by atoms with Crippen LogP contribution in [0.15, 0.2) is 18.2 Å². The minimum Gasteiger partial charge on any atom is -0.375 e. The number of carbonyl (C=O) groups excluding carboxylic acids is 2. The van der Waals surface area contributed by atoms with Crippen molar-refractivity contribution in [3.05, 3.63) is 28.2 Å². The number of ether oxygens (including phenoxy) is 1. The fraction of sp³-hybridized carbons (Fsp3) is 0.467. The Kier molecular flexibility index (Phi) is 6.65. The molecule has 0 aliphatic carbocycles. The second-order valence-electron chi connectivity index (χ2n) is 5.26. The number of halogens is 2. The number of amides is 2. The molecule has 1 aromatic rings. The zero-order valence-corrected chi connectivity index (χ0v) is 14.4. The van der Waals surface area contributed by atoms with Gasteiger partial charge < -0.3 is 15.0 Å². The van der Waals surface area contributed by atoms with Gasteiger partial charge in [-0.2, -0.15) is 0 Å². The summed E-state index contributed by atoms with van der Waals surface area (Å²) in [5.41, 5.74) is 0.537. The summed E-state index contributed by atoms with van der Waals surface area (Å²) in [5.74, 6) is -0.171. The number of methoxy groups -OCH3 is 1. The Morgan fingerprint density at radius 1 is 1.22 bits per heavy atom. The first-order valence-corrected chi connectivity index (χ1v) is 7.99. The molecule has 2 amide bonds. The molecule has 1 N–H and O–H groups in total. The van der Waals surface area contributed by atoms with E-state index in [2.05, 4.69) is 5.32 Å². The molecule has 1 saturated heterocycles. The molecule has 0 unspecified atom stereocenters. The summed E-state index contributed by atoms with van der Waals surface area (Å²) in [6.07, 6.45) is 0. The monoisotopic (exact) mass is 359 g/mol. The summed E-state index contributed by atoms with van der Waals surface area (Å²) in [7, 11) is 1.50. The highest BCUT2D eigenvalue weighted by Crippen LogP contribution is 2.25. The Bertz CT molecular complexity index is 575. The molecule has 126 valence electrons. The number of hydrogen-bond donors (Lipinski definition) is 1. The Balaban J connectivity index is 1.79. The SMILES string of the molecule is COCC(=O)N1CCN(CC(=O)Nc2ccc(Cl)cc2Cl)CC1. The van der Waals surface area contributed by atoms with Gasteiger partial charge in [0.05, 0.1) is 17.3 Å². The van der Waals surface area contributed by atoms with Gasteiger partial charge in [0.2, 0.25) is 11.8 Å². The van der Waals surface area contributed by atoms with Crippen molar-refractivity contribution in [3.63, 3.8) is 0 Å². The molecule has 0 bridgehead atoms. The summed E-state index contributed by atoms with van der Waals surface area (Å²) in [5, 5.41) is 3.69. The van der Waals surface area contributed by atoms with Crippen LogP contribution in [-0.2, 0) is 14.3 Å². The first-order valence-electron chi connectivity index (χ1n) is 7.23. The van der Waals surface area contributed by atoms with E-state index >= 15 is 0 Å². The quantitative estimate of drug-likeness (QED) is 0.869. The standard InChI is InChI=1S/C15H19Cl2N3O3/c1-23-10-15(22)20-6-4-19(5-7-20)9-14(21)18-13-3-2-11(16)8-12(13)17/h2-3,8H,4-7,9-10H2,1H3,(H,18,21). The average Bonchev–Trinajstić information content (AvgIpc) is 2.51. The lowest BCUT2D eigenvalue weighted by atomic mass is 10.3. The van der Waals surface area contributed by atoms with Crippen LogP contribution >= 0.6 is 23.2 Å². The van der Waals surface area contributed by atoms with Gasteiger partial charge in [-0.05, 0) is 18.2 Å². The molecule has 8 heteroatoms. The van der Waals surface area contributed by atoms with Gasteiger partial charge in [0.1, 0.15) is 6.61 Å². The smallest absolute Gasteiger partial charge is 0.248 e. The fourth-order valence-electron chi connectivity index (χ4n) is 2.35. The van der Waals surface area contributed by atoms with Gasteiger partial charge >= 0.3 is 0 Å². The minimum atomic E-state index is -0.147. The molecule has 6 nitrogen and oxygen atoms in total. The van der Waals surface area contributed by atoms with E-state index in [9.17, 15) is 9.59 Å². The lowest BCUT2D eigenvalue weighted by Crippen LogP contribution is -2.51. The summed E-state index contributed by atoms with van der Waals surface area (Å²) in [4.78, 5) is 27.5. The van der Waals surface area contributed by atoms with E-state index < -0.39 is 0 Å². The van der Waals surface area contributed by atoms with Gasteiger partial charge in [-0.1, -0.05) is 23.2 Å². The zero-order valence-electron chi connectivity index (χ0n) is 12.8. The number of hydrogen-bond acceptors (Lipinski definition) is 4. The fourth-order valence-corrected chi connectivity index (χ4v) is 2.81. The van der Waals surface area contributed by atoms with Crippen LogP contribution in [0.4, 0.5) is 5.69 Å². The molecule has 1 aliphatic rings. The van der Waals surface area contributed by atoms with Gasteiger partial charge in [-0.25, -0.2) is 0 Å². The van der Waals surface area contributed by atoms with Crippen molar-refractivity contribution in [1.29, 1.82) is 0 Å². The molecule has 0 radical (unpaired) electrons. The van der Waals surface area contributed by atoms with Gasteiger partial charge in [0.25, 0.3) is 0 Å². The van der Waals surface area contributed by atoms with Crippen molar-refractivity contribution in [2.75, 3.05) is 51.8 Å². The van der Waals surface area contributed by atoms with E-state index in [1.54, 1.807) is 23.1 Å². The molecule has 1 fully saturated rings. The van der Waals surface area contributed by atoms with Crippen molar-refractivity contribution in [2.45, 2.75) is 0 Å². The Hall–Kier alpha value is -1.34. The normalized spacial score (nSPS) is 15.5. The van der Waals surface area contributed by atoms with E-state index in [0.717, 1.165) is 0 Å². The van der Waals surface area contributed by atoms with Crippen LogP contribution in [0.3, 0.4) is 0 Å². The van der Waals surface area contributed by atoms with E-state index in [1.165, 1.54) is 7.11 Å². The van der Waals surface area contributed by atoms with Crippen LogP contribution in [0.25, 0.3) is 0 Å². The van der Waals surface area contributed by atoms with Crippen molar-refractivity contribution in [3.8, 4) is 0 Å². The van der Waals surface area contributed by atoms with Crippen molar-refractivity contribution >= 4 is 40.7 Å². The van der Waals surface area contributed by atoms with Crippen LogP contribution in [0, 0.1) is 0 Å². The molecule has 2 rings (SSSR count). The molecular formula is C15H19Cl2N3O3. The van der Waals surface area contributed by atoms with Crippen molar-refractivity contribution < 1.29 is 14.3 Å². The number of carbonyl (C=O) groups is 2. The number of benzene rings is 1. The van der Waals surface area contributed by atoms with Crippen LogP contribution < -0.4 is 5.32 Å². The third kappa shape index (κ3) is 5.35. The first-order chi connectivity index (χ1) is 11.0. The number of anilines is 1. The molecular weight excluding hydrogens is 341 g/mol. The molecule has 0 aromatic heterocycles. The summed E-state index contributed by atoms with van der Waals surface area (Å²) in [6.45, 7) is 2.84. The second-order valence-corrected chi connectivity index (χ2v) is 6.11. The average molecular weight is 360 g/mol. The first kappa shape index (κ1) is 18.0. The maximum Gasteiger partial charge on any atom is 0.248 e. The predicted octanol–water partition coefficient (Wildman–Crippen LogP) is 1.72. The molecule has 0 saturated carbocycles. The third-order valence-electron chi connectivity index (χ3n) is 3.57. The van der Waals surface area contributed by atoms with Crippen LogP contribution in [0.2, 0.25) is 10.0 Å². The highest BCUT2D eigenvalue weighted by molar-refractivity contribution is 6.36. The number of rotatable bonds is 5. The topological polar surface area (TPSA) is 61.9 Å². The summed E-state index contributed by atoms with van der Waals surface area (Å²) in [6, 6.07) is 4.92. The van der Waals surface area contributed by atoms with Gasteiger partial charge in [-0.15, -0.1) is 0 Å². The summed E-state index contributed by atoms with van der Waals surface area (Å²) >= 11 is 11.9. The van der Waals surface area contributed by atoms with Crippen LogP contribution in [0.5, 0.6) is 0 Å². The highest BCUT2D eigenvalue weighted by atomic mass is 35.5. The molecule has 0 spiro atoms. The number of nitrogens with zero attached hydrogens (tertiary/aromatic N) is 2. The van der Waals surface area contributed by atoms with Gasteiger partial charge in [0, 0.05) is 38.3 Å². The van der Waals surface area contributed by atoms with Gasteiger partial charge in [0.15, 0.2) is 0 Å². The molecule has 1 heterocycles. The van der Waals surface area contributed by atoms with E-state index in [-0.39, 0.29) is 25.0 Å². The Morgan fingerprint density at radius 2 is 1.91 bits per heavy atom. The molecule has 23 heavy (non-hydrogen) atoms. The van der Waals surface area contributed by atoms with E-state index in [0.29, 0.717) is 41.9 Å². The van der Waals surface area contributed by atoms with Crippen molar-refractivity contribution in [2.24, 2.45) is 0 Å². The summed E-state index contributed by atoms with van der Waals surface area (Å²) < 4.78 is 4.84. The number of nitrogens with one attached hydrogen (secondary N) is 1. The predicted molar refractivity (Wildman–Crippen MR) is 90.0 cm³/mol. The lowest BCUT2D eigenvalue weighted by Gasteiger charge is -2.34. The van der Waals surface area contributed by atoms with Crippen molar-refractivity contribution in [1.82, 2.24) is 9.80 Å². The number of piperazine rings is 1. The van der Waals surface area contributed by atoms with E-state index in [1.807, 2.05) is 4.90 Å². The second kappa shape index (κ2) is 8.49. The molecule has 1 aliphatic heterocycles. The Morgan fingerprint density at radius 3 is 2.52 bits per heavy atom. The van der Waals surface area contributed by atoms with Gasteiger partial charge in [-0.3, -0.25) is 14.5 Å². The molecule has 1 aromatic carbocycles.